The standard InChI is InChI=1S/C25H26FN5O2/c1-13-8-17(27)9-18(24(13)26)14(2)28-25-20-10-19(16-6-7-23(32)31(4)12-16)22(33-5)11-21(20)29-15(3)30-25/h6-12,14H,27H2,1-5H3,(H,28,29,30)/t14-/m1/s1. The van der Waals surface area contributed by atoms with Crippen molar-refractivity contribution in [3.8, 4) is 16.9 Å². The molecule has 0 aliphatic carbocycles. The normalized spacial score (nSPS) is 12.1. The number of aromatic nitrogens is 3. The number of pyridine rings is 1. The van der Waals surface area contributed by atoms with Gasteiger partial charge in [0.05, 0.1) is 18.7 Å². The second kappa shape index (κ2) is 8.54. The third kappa shape index (κ3) is 4.24. The molecule has 2 aromatic carbocycles. The first-order valence-electron chi connectivity index (χ1n) is 10.5. The molecule has 0 aliphatic heterocycles. The van der Waals surface area contributed by atoms with Crippen LogP contribution in [0.1, 0.15) is 29.9 Å². The summed E-state index contributed by atoms with van der Waals surface area (Å²) in [5.74, 6) is 1.46. The molecule has 8 heteroatoms. The molecule has 0 spiro atoms. The Labute approximate surface area is 191 Å². The first-order valence-corrected chi connectivity index (χ1v) is 10.5. The third-order valence-electron chi connectivity index (χ3n) is 5.65. The number of anilines is 2. The average Bonchev–Trinajstić information content (AvgIpc) is 2.77. The molecule has 0 amide bonds. The number of hydrogen-bond donors (Lipinski definition) is 2. The number of nitrogens with one attached hydrogen (secondary N) is 1. The maximum atomic E-state index is 14.8. The summed E-state index contributed by atoms with van der Waals surface area (Å²) in [6, 6.07) is 9.87. The second-order valence-electron chi connectivity index (χ2n) is 8.16. The van der Waals surface area contributed by atoms with Gasteiger partial charge in [0.2, 0.25) is 5.56 Å². The summed E-state index contributed by atoms with van der Waals surface area (Å²) in [7, 11) is 3.29. The van der Waals surface area contributed by atoms with E-state index in [9.17, 15) is 9.18 Å². The van der Waals surface area contributed by atoms with Crippen LogP contribution in [0.5, 0.6) is 5.75 Å². The van der Waals surface area contributed by atoms with Crippen molar-refractivity contribution in [2.24, 2.45) is 7.05 Å². The van der Waals surface area contributed by atoms with Gasteiger partial charge in [-0.1, -0.05) is 0 Å². The molecule has 0 aliphatic rings. The highest BCUT2D eigenvalue weighted by Gasteiger charge is 2.18. The molecule has 4 aromatic rings. The van der Waals surface area contributed by atoms with Crippen molar-refractivity contribution in [2.45, 2.75) is 26.8 Å². The van der Waals surface area contributed by atoms with Crippen molar-refractivity contribution >= 4 is 22.4 Å². The van der Waals surface area contributed by atoms with E-state index in [1.807, 2.05) is 19.1 Å². The predicted octanol–water partition coefficient (Wildman–Crippen LogP) is 4.52. The van der Waals surface area contributed by atoms with Crippen LogP contribution in [0, 0.1) is 19.7 Å². The van der Waals surface area contributed by atoms with Gasteiger partial charge in [0.1, 0.15) is 23.2 Å². The molecular formula is C25H26FN5O2. The Bertz CT molecular complexity index is 1430. The van der Waals surface area contributed by atoms with Crippen molar-refractivity contribution in [1.29, 1.82) is 0 Å². The summed E-state index contributed by atoms with van der Waals surface area (Å²) < 4.78 is 21.9. The Kier molecular flexibility index (Phi) is 5.76. The molecule has 1 atom stereocenters. The fourth-order valence-corrected chi connectivity index (χ4v) is 3.95. The minimum atomic E-state index is -0.396. The van der Waals surface area contributed by atoms with Gasteiger partial charge in [0.15, 0.2) is 0 Å². The lowest BCUT2D eigenvalue weighted by Gasteiger charge is -2.20. The lowest BCUT2D eigenvalue weighted by molar-refractivity contribution is 0.417. The summed E-state index contributed by atoms with van der Waals surface area (Å²) in [5, 5.41) is 4.08. The number of ether oxygens (including phenoxy) is 1. The van der Waals surface area contributed by atoms with E-state index in [0.717, 1.165) is 16.5 Å². The molecule has 0 saturated carbocycles. The van der Waals surface area contributed by atoms with Gasteiger partial charge in [0.25, 0.3) is 0 Å². The highest BCUT2D eigenvalue weighted by Crippen LogP contribution is 2.36. The number of fused-ring (bicyclic) bond motifs is 1. The minimum absolute atomic E-state index is 0.104. The van der Waals surface area contributed by atoms with Gasteiger partial charge >= 0.3 is 0 Å². The van der Waals surface area contributed by atoms with Gasteiger partial charge in [-0.05, 0) is 50.6 Å². The summed E-state index contributed by atoms with van der Waals surface area (Å²) in [6.45, 7) is 5.35. The molecule has 3 N–H and O–H groups in total. The molecule has 7 nitrogen and oxygen atoms in total. The van der Waals surface area contributed by atoms with Crippen LogP contribution in [0.15, 0.2) is 47.4 Å². The van der Waals surface area contributed by atoms with Gasteiger partial charge in [-0.3, -0.25) is 4.79 Å². The Balaban J connectivity index is 1.86. The van der Waals surface area contributed by atoms with Crippen molar-refractivity contribution in [3.63, 3.8) is 0 Å². The Morgan fingerprint density at radius 2 is 1.91 bits per heavy atom. The summed E-state index contributed by atoms with van der Waals surface area (Å²) in [5.41, 5.74) is 9.59. The van der Waals surface area contributed by atoms with Crippen LogP contribution in [-0.2, 0) is 7.05 Å². The lowest BCUT2D eigenvalue weighted by atomic mass is 10.0. The number of aryl methyl sites for hydroxylation is 3. The molecule has 0 radical (unpaired) electrons. The molecule has 0 unspecified atom stereocenters. The molecule has 170 valence electrons. The number of rotatable bonds is 5. The van der Waals surface area contributed by atoms with Crippen LogP contribution in [0.4, 0.5) is 15.9 Å². The number of benzene rings is 2. The molecule has 0 bridgehead atoms. The van der Waals surface area contributed by atoms with Gasteiger partial charge < -0.3 is 20.4 Å². The van der Waals surface area contributed by atoms with E-state index in [0.29, 0.717) is 39.7 Å². The van der Waals surface area contributed by atoms with E-state index in [-0.39, 0.29) is 11.4 Å². The van der Waals surface area contributed by atoms with E-state index in [1.54, 1.807) is 52.4 Å². The molecule has 4 rings (SSSR count). The summed E-state index contributed by atoms with van der Waals surface area (Å²) in [4.78, 5) is 21.0. The largest absolute Gasteiger partial charge is 0.496 e. The van der Waals surface area contributed by atoms with E-state index < -0.39 is 6.04 Å². The molecular weight excluding hydrogens is 421 g/mol. The van der Waals surface area contributed by atoms with E-state index >= 15 is 0 Å². The first-order chi connectivity index (χ1) is 15.7. The van der Waals surface area contributed by atoms with Crippen molar-refractivity contribution in [1.82, 2.24) is 14.5 Å². The maximum Gasteiger partial charge on any atom is 0.250 e. The molecule has 0 fully saturated rings. The number of nitrogen functional groups attached to an aromatic ring is 1. The zero-order valence-electron chi connectivity index (χ0n) is 19.2. The zero-order valence-corrected chi connectivity index (χ0v) is 19.2. The Morgan fingerprint density at radius 3 is 2.61 bits per heavy atom. The van der Waals surface area contributed by atoms with Gasteiger partial charge in [0, 0.05) is 53.1 Å². The monoisotopic (exact) mass is 447 g/mol. The van der Waals surface area contributed by atoms with Crippen LogP contribution < -0.4 is 21.3 Å². The van der Waals surface area contributed by atoms with E-state index in [2.05, 4.69) is 15.3 Å². The fraction of sp³-hybridized carbons (Fsp3) is 0.240. The molecule has 33 heavy (non-hydrogen) atoms. The van der Waals surface area contributed by atoms with Crippen LogP contribution in [0.3, 0.4) is 0 Å². The summed E-state index contributed by atoms with van der Waals surface area (Å²) in [6.07, 6.45) is 1.75. The number of hydrogen-bond acceptors (Lipinski definition) is 6. The van der Waals surface area contributed by atoms with Crippen molar-refractivity contribution in [2.75, 3.05) is 18.2 Å². The van der Waals surface area contributed by atoms with E-state index in [1.165, 1.54) is 10.6 Å². The highest BCUT2D eigenvalue weighted by atomic mass is 19.1. The van der Waals surface area contributed by atoms with Gasteiger partial charge in [-0.2, -0.15) is 0 Å². The quantitative estimate of drug-likeness (QED) is 0.437. The fourth-order valence-electron chi connectivity index (χ4n) is 3.95. The van der Waals surface area contributed by atoms with Crippen molar-refractivity contribution in [3.05, 3.63) is 75.7 Å². The molecule has 2 heterocycles. The second-order valence-corrected chi connectivity index (χ2v) is 8.16. The smallest absolute Gasteiger partial charge is 0.250 e. The molecule has 2 aromatic heterocycles. The Hall–Kier alpha value is -3.94. The minimum Gasteiger partial charge on any atom is -0.496 e. The highest BCUT2D eigenvalue weighted by molar-refractivity contribution is 5.95. The van der Waals surface area contributed by atoms with Gasteiger partial charge in [-0.25, -0.2) is 14.4 Å². The van der Waals surface area contributed by atoms with Crippen LogP contribution in [0.2, 0.25) is 0 Å². The molecule has 0 saturated heterocycles. The Morgan fingerprint density at radius 1 is 1.15 bits per heavy atom. The predicted molar refractivity (Wildman–Crippen MR) is 129 cm³/mol. The van der Waals surface area contributed by atoms with E-state index in [4.69, 9.17) is 10.5 Å². The lowest BCUT2D eigenvalue weighted by Crippen LogP contribution is -2.14. The third-order valence-corrected chi connectivity index (χ3v) is 5.65. The number of halogens is 1. The van der Waals surface area contributed by atoms with Gasteiger partial charge in [-0.15, -0.1) is 0 Å². The SMILES string of the molecule is COc1cc2nc(C)nc(N[C@H](C)c3cc(N)cc(C)c3F)c2cc1-c1ccc(=O)n(C)c1. The number of nitrogens with zero attached hydrogens (tertiary/aromatic N) is 3. The van der Waals surface area contributed by atoms with Crippen LogP contribution >= 0.6 is 0 Å². The number of nitrogens with two attached hydrogens (primary N) is 1. The maximum absolute atomic E-state index is 14.8. The topological polar surface area (TPSA) is 95.1 Å². The van der Waals surface area contributed by atoms with Crippen LogP contribution in [-0.4, -0.2) is 21.6 Å². The first kappa shape index (κ1) is 22.3. The zero-order chi connectivity index (χ0) is 23.9. The number of methoxy groups -OCH3 is 1. The van der Waals surface area contributed by atoms with Crippen molar-refractivity contribution < 1.29 is 9.13 Å². The summed E-state index contributed by atoms with van der Waals surface area (Å²) >= 11 is 0. The van der Waals surface area contributed by atoms with Crippen LogP contribution in [0.25, 0.3) is 22.0 Å². The average molecular weight is 448 g/mol.